The summed E-state index contributed by atoms with van der Waals surface area (Å²) < 4.78 is 0. The molecule has 1 saturated carbocycles. The third-order valence-corrected chi connectivity index (χ3v) is 3.53. The second-order valence-corrected chi connectivity index (χ2v) is 5.13. The fourth-order valence-corrected chi connectivity index (χ4v) is 2.50. The molecule has 0 bridgehead atoms. The van der Waals surface area contributed by atoms with Gasteiger partial charge in [-0.25, -0.2) is 0 Å². The summed E-state index contributed by atoms with van der Waals surface area (Å²) >= 11 is 0. The zero-order valence-electron chi connectivity index (χ0n) is 11.5. The van der Waals surface area contributed by atoms with Crippen molar-refractivity contribution in [1.29, 1.82) is 0 Å². The Morgan fingerprint density at radius 1 is 1.32 bits per heavy atom. The van der Waals surface area contributed by atoms with E-state index in [1.54, 1.807) is 7.05 Å². The Morgan fingerprint density at radius 3 is 2.37 bits per heavy atom. The van der Waals surface area contributed by atoms with Crippen molar-refractivity contribution in [3.05, 3.63) is 0 Å². The predicted molar refractivity (Wildman–Crippen MR) is 69.5 cm³/mol. The van der Waals surface area contributed by atoms with Gasteiger partial charge in [-0.15, -0.1) is 0 Å². The Bertz CT molecular complexity index is 351. The Hall–Kier alpha value is -1.59. The minimum absolute atomic E-state index is 0.0836. The highest BCUT2D eigenvalue weighted by Gasteiger charge is 2.33. The smallest absolute Gasteiger partial charge is 0.305 e. The molecule has 1 aliphatic carbocycles. The van der Waals surface area contributed by atoms with Crippen molar-refractivity contribution in [1.82, 2.24) is 10.2 Å². The molecule has 0 aromatic carbocycles. The number of amides is 2. The standard InChI is InChI=1S/C13H22N2O4/c1-9(16)14-12(10-5-3-4-6-10)13(19)15(2)8-7-11(17)18/h10,12H,3-8H2,1-2H3,(H,14,16)(H,17,18). The highest BCUT2D eigenvalue weighted by atomic mass is 16.4. The Kier molecular flexibility index (Phi) is 5.79. The normalized spacial score (nSPS) is 16.9. The van der Waals surface area contributed by atoms with Gasteiger partial charge in [-0.05, 0) is 18.8 Å². The van der Waals surface area contributed by atoms with Gasteiger partial charge in [0.05, 0.1) is 6.42 Å². The van der Waals surface area contributed by atoms with Crippen LogP contribution in [0.1, 0.15) is 39.0 Å². The molecule has 0 heterocycles. The number of rotatable bonds is 6. The maximum atomic E-state index is 12.3. The number of nitrogens with one attached hydrogen (secondary N) is 1. The molecule has 2 N–H and O–H groups in total. The number of carboxylic acids is 1. The molecule has 1 rings (SSSR count). The quantitative estimate of drug-likeness (QED) is 0.740. The zero-order valence-corrected chi connectivity index (χ0v) is 11.5. The lowest BCUT2D eigenvalue weighted by Gasteiger charge is -2.27. The summed E-state index contributed by atoms with van der Waals surface area (Å²) in [7, 11) is 1.58. The van der Waals surface area contributed by atoms with Gasteiger partial charge in [0.25, 0.3) is 0 Å². The molecule has 108 valence electrons. The fraction of sp³-hybridized carbons (Fsp3) is 0.769. The van der Waals surface area contributed by atoms with E-state index in [-0.39, 0.29) is 30.7 Å². The largest absolute Gasteiger partial charge is 0.481 e. The topological polar surface area (TPSA) is 86.7 Å². The number of carbonyl (C=O) groups is 3. The van der Waals surface area contributed by atoms with E-state index >= 15 is 0 Å². The summed E-state index contributed by atoms with van der Waals surface area (Å²) in [5, 5.41) is 11.3. The van der Waals surface area contributed by atoms with Gasteiger partial charge >= 0.3 is 5.97 Å². The van der Waals surface area contributed by atoms with E-state index in [0.29, 0.717) is 0 Å². The molecule has 0 aromatic heterocycles. The molecule has 0 saturated heterocycles. The molecule has 0 aliphatic heterocycles. The van der Waals surface area contributed by atoms with Crippen LogP contribution in [0.2, 0.25) is 0 Å². The van der Waals surface area contributed by atoms with Crippen LogP contribution in [0.25, 0.3) is 0 Å². The van der Waals surface area contributed by atoms with Crippen molar-refractivity contribution < 1.29 is 19.5 Å². The van der Waals surface area contributed by atoms with E-state index in [2.05, 4.69) is 5.32 Å². The molecule has 1 atom stereocenters. The summed E-state index contributed by atoms with van der Waals surface area (Å²) in [5.74, 6) is -1.18. The van der Waals surface area contributed by atoms with E-state index in [0.717, 1.165) is 25.7 Å². The van der Waals surface area contributed by atoms with Gasteiger partial charge in [0.2, 0.25) is 11.8 Å². The number of likely N-dealkylation sites (N-methyl/N-ethyl adjacent to an activating group) is 1. The number of carbonyl (C=O) groups excluding carboxylic acids is 2. The van der Waals surface area contributed by atoms with Crippen LogP contribution in [0.15, 0.2) is 0 Å². The number of aliphatic carboxylic acids is 1. The zero-order chi connectivity index (χ0) is 14.4. The molecule has 0 spiro atoms. The van der Waals surface area contributed by atoms with E-state index in [4.69, 9.17) is 5.11 Å². The van der Waals surface area contributed by atoms with Crippen molar-refractivity contribution >= 4 is 17.8 Å². The van der Waals surface area contributed by atoms with Crippen LogP contribution in [0, 0.1) is 5.92 Å². The summed E-state index contributed by atoms with van der Waals surface area (Å²) in [6, 6.07) is -0.515. The van der Waals surface area contributed by atoms with E-state index in [9.17, 15) is 14.4 Å². The van der Waals surface area contributed by atoms with Crippen LogP contribution in [0.4, 0.5) is 0 Å². The first-order chi connectivity index (χ1) is 8.91. The van der Waals surface area contributed by atoms with Crippen molar-refractivity contribution in [3.8, 4) is 0 Å². The van der Waals surface area contributed by atoms with Crippen LogP contribution in [0.3, 0.4) is 0 Å². The number of hydrogen-bond donors (Lipinski definition) is 2. The first-order valence-electron chi connectivity index (χ1n) is 6.65. The number of nitrogens with zero attached hydrogens (tertiary/aromatic N) is 1. The van der Waals surface area contributed by atoms with Crippen LogP contribution in [-0.4, -0.2) is 47.4 Å². The van der Waals surface area contributed by atoms with E-state index in [1.165, 1.54) is 11.8 Å². The molecule has 1 aliphatic rings. The van der Waals surface area contributed by atoms with Crippen LogP contribution in [0.5, 0.6) is 0 Å². The maximum Gasteiger partial charge on any atom is 0.305 e. The maximum absolute atomic E-state index is 12.3. The minimum atomic E-state index is -0.934. The molecule has 2 amide bonds. The van der Waals surface area contributed by atoms with Gasteiger partial charge in [-0.3, -0.25) is 14.4 Å². The number of hydrogen-bond acceptors (Lipinski definition) is 3. The summed E-state index contributed by atoms with van der Waals surface area (Å²) in [6.45, 7) is 1.56. The molecule has 0 radical (unpaired) electrons. The summed E-state index contributed by atoms with van der Waals surface area (Å²) in [5.41, 5.74) is 0. The van der Waals surface area contributed by atoms with Crippen LogP contribution >= 0.6 is 0 Å². The monoisotopic (exact) mass is 270 g/mol. The SMILES string of the molecule is CC(=O)NC(C(=O)N(C)CCC(=O)O)C1CCCC1. The molecular formula is C13H22N2O4. The summed E-state index contributed by atoms with van der Waals surface area (Å²) in [4.78, 5) is 35.4. The average Bonchev–Trinajstić information content (AvgIpc) is 2.85. The van der Waals surface area contributed by atoms with Crippen LogP contribution in [-0.2, 0) is 14.4 Å². The lowest BCUT2D eigenvalue weighted by atomic mass is 9.96. The summed E-state index contributed by atoms with van der Waals surface area (Å²) in [6.07, 6.45) is 3.94. The first kappa shape index (κ1) is 15.5. The minimum Gasteiger partial charge on any atom is -0.481 e. The predicted octanol–water partition coefficient (Wildman–Crippen LogP) is 0.614. The van der Waals surface area contributed by atoms with E-state index < -0.39 is 12.0 Å². The molecule has 6 heteroatoms. The van der Waals surface area contributed by atoms with E-state index in [1.807, 2.05) is 0 Å². The third kappa shape index (κ3) is 4.89. The molecule has 1 unspecified atom stereocenters. The van der Waals surface area contributed by atoms with Crippen molar-refractivity contribution in [2.75, 3.05) is 13.6 Å². The highest BCUT2D eigenvalue weighted by molar-refractivity contribution is 5.87. The second-order valence-electron chi connectivity index (χ2n) is 5.13. The number of carboxylic acid groups (broad SMARTS) is 1. The average molecular weight is 270 g/mol. The molecule has 6 nitrogen and oxygen atoms in total. The van der Waals surface area contributed by atoms with Gasteiger partial charge in [0.15, 0.2) is 0 Å². The molecule has 0 aromatic rings. The van der Waals surface area contributed by atoms with Crippen molar-refractivity contribution in [2.24, 2.45) is 5.92 Å². The third-order valence-electron chi connectivity index (χ3n) is 3.53. The second kappa shape index (κ2) is 7.11. The van der Waals surface area contributed by atoms with Gasteiger partial charge in [-0.2, -0.15) is 0 Å². The fourth-order valence-electron chi connectivity index (χ4n) is 2.50. The lowest BCUT2D eigenvalue weighted by Crippen LogP contribution is -2.50. The molecule has 19 heavy (non-hydrogen) atoms. The Balaban J connectivity index is 2.64. The Morgan fingerprint density at radius 2 is 1.89 bits per heavy atom. The van der Waals surface area contributed by atoms with Gasteiger partial charge < -0.3 is 15.3 Å². The molecular weight excluding hydrogens is 248 g/mol. The van der Waals surface area contributed by atoms with Gasteiger partial charge in [0, 0.05) is 20.5 Å². The van der Waals surface area contributed by atoms with Gasteiger partial charge in [0.1, 0.15) is 6.04 Å². The highest BCUT2D eigenvalue weighted by Crippen LogP contribution is 2.28. The lowest BCUT2D eigenvalue weighted by molar-refractivity contribution is -0.140. The van der Waals surface area contributed by atoms with Crippen molar-refractivity contribution in [3.63, 3.8) is 0 Å². The van der Waals surface area contributed by atoms with Crippen molar-refractivity contribution in [2.45, 2.75) is 45.1 Å². The first-order valence-corrected chi connectivity index (χ1v) is 6.65. The van der Waals surface area contributed by atoms with Crippen LogP contribution < -0.4 is 5.32 Å². The van der Waals surface area contributed by atoms with Gasteiger partial charge in [-0.1, -0.05) is 12.8 Å². The Labute approximate surface area is 113 Å². The molecule has 1 fully saturated rings.